The quantitative estimate of drug-likeness (QED) is 0.819. The molecule has 0 aromatic rings. The van der Waals surface area contributed by atoms with Crippen LogP contribution >= 0.6 is 0 Å². The molecule has 2 unspecified atom stereocenters. The van der Waals surface area contributed by atoms with Gasteiger partial charge in [0, 0.05) is 25.4 Å². The fourth-order valence-corrected chi connectivity index (χ4v) is 2.48. The molecule has 0 spiro atoms. The Hall–Kier alpha value is -1.06. The van der Waals surface area contributed by atoms with E-state index in [1.165, 1.54) is 0 Å². The van der Waals surface area contributed by atoms with E-state index in [1.807, 2.05) is 25.7 Å². The van der Waals surface area contributed by atoms with Gasteiger partial charge in [-0.2, -0.15) is 0 Å². The number of carboxylic acids is 1. The third kappa shape index (κ3) is 4.02. The molecule has 1 fully saturated rings. The van der Waals surface area contributed by atoms with Crippen LogP contribution in [-0.4, -0.2) is 35.0 Å². The van der Waals surface area contributed by atoms with Crippen LogP contribution in [-0.2, 0) is 9.59 Å². The van der Waals surface area contributed by atoms with Crippen molar-refractivity contribution in [3.63, 3.8) is 0 Å². The molecule has 0 saturated carbocycles. The van der Waals surface area contributed by atoms with Gasteiger partial charge in [-0.1, -0.05) is 20.8 Å². The SMILES string of the molecule is CC(C)C(=O)N1CCCC(C(C)CC(=O)O)C1. The predicted molar refractivity (Wildman–Crippen MR) is 65.6 cm³/mol. The minimum absolute atomic E-state index is 0.0310. The average molecular weight is 241 g/mol. The van der Waals surface area contributed by atoms with Crippen LogP contribution in [0.15, 0.2) is 0 Å². The van der Waals surface area contributed by atoms with Crippen molar-refractivity contribution in [2.75, 3.05) is 13.1 Å². The lowest BCUT2D eigenvalue weighted by atomic mass is 9.84. The monoisotopic (exact) mass is 241 g/mol. The maximum atomic E-state index is 11.9. The van der Waals surface area contributed by atoms with E-state index in [4.69, 9.17) is 5.11 Å². The number of likely N-dealkylation sites (tertiary alicyclic amines) is 1. The fourth-order valence-electron chi connectivity index (χ4n) is 2.48. The lowest BCUT2D eigenvalue weighted by Crippen LogP contribution is -2.43. The minimum atomic E-state index is -0.746. The van der Waals surface area contributed by atoms with Gasteiger partial charge < -0.3 is 10.0 Å². The highest BCUT2D eigenvalue weighted by Crippen LogP contribution is 2.26. The summed E-state index contributed by atoms with van der Waals surface area (Å²) in [7, 11) is 0. The third-order valence-electron chi connectivity index (χ3n) is 3.56. The lowest BCUT2D eigenvalue weighted by Gasteiger charge is -2.36. The normalized spacial score (nSPS) is 22.6. The van der Waals surface area contributed by atoms with Crippen LogP contribution in [0.2, 0.25) is 0 Å². The Bertz CT molecular complexity index is 288. The summed E-state index contributed by atoms with van der Waals surface area (Å²) in [4.78, 5) is 24.5. The van der Waals surface area contributed by atoms with Crippen molar-refractivity contribution >= 4 is 11.9 Å². The number of hydrogen-bond acceptors (Lipinski definition) is 2. The number of nitrogens with zero attached hydrogens (tertiary/aromatic N) is 1. The number of piperidine rings is 1. The fraction of sp³-hybridized carbons (Fsp3) is 0.846. The van der Waals surface area contributed by atoms with Gasteiger partial charge in [0.25, 0.3) is 0 Å². The van der Waals surface area contributed by atoms with Crippen molar-refractivity contribution in [2.24, 2.45) is 17.8 Å². The molecule has 1 amide bonds. The summed E-state index contributed by atoms with van der Waals surface area (Å²) in [6.45, 7) is 7.35. The molecule has 0 aromatic heterocycles. The molecule has 1 heterocycles. The van der Waals surface area contributed by atoms with Crippen LogP contribution in [0.3, 0.4) is 0 Å². The van der Waals surface area contributed by atoms with Crippen molar-refractivity contribution in [1.29, 1.82) is 0 Å². The molecular formula is C13H23NO3. The summed E-state index contributed by atoms with van der Waals surface area (Å²) in [5.41, 5.74) is 0. The number of aliphatic carboxylic acids is 1. The van der Waals surface area contributed by atoms with Gasteiger partial charge in [0.2, 0.25) is 5.91 Å². The van der Waals surface area contributed by atoms with Gasteiger partial charge in [-0.3, -0.25) is 9.59 Å². The summed E-state index contributed by atoms with van der Waals surface area (Å²) < 4.78 is 0. The Morgan fingerprint density at radius 2 is 2.00 bits per heavy atom. The molecule has 17 heavy (non-hydrogen) atoms. The molecule has 98 valence electrons. The minimum Gasteiger partial charge on any atom is -0.481 e. The Balaban J connectivity index is 2.54. The molecule has 1 saturated heterocycles. The maximum Gasteiger partial charge on any atom is 0.303 e. The van der Waals surface area contributed by atoms with Crippen LogP contribution in [0, 0.1) is 17.8 Å². The number of carbonyl (C=O) groups is 2. The molecule has 0 aliphatic carbocycles. The second-order valence-electron chi connectivity index (χ2n) is 5.42. The molecule has 0 bridgehead atoms. The van der Waals surface area contributed by atoms with Crippen molar-refractivity contribution in [3.8, 4) is 0 Å². The van der Waals surface area contributed by atoms with Gasteiger partial charge in [0.15, 0.2) is 0 Å². The molecule has 4 heteroatoms. The zero-order valence-electron chi connectivity index (χ0n) is 11.0. The Morgan fingerprint density at radius 3 is 2.53 bits per heavy atom. The van der Waals surface area contributed by atoms with E-state index in [0.29, 0.717) is 5.92 Å². The summed E-state index contributed by atoms with van der Waals surface area (Å²) >= 11 is 0. The number of hydrogen-bond donors (Lipinski definition) is 1. The Kier molecular flexibility index (Phi) is 4.97. The molecule has 4 nitrogen and oxygen atoms in total. The number of carboxylic acid groups (broad SMARTS) is 1. The summed E-state index contributed by atoms with van der Waals surface area (Å²) in [5, 5.41) is 8.80. The molecule has 0 radical (unpaired) electrons. The third-order valence-corrected chi connectivity index (χ3v) is 3.56. The van der Waals surface area contributed by atoms with Crippen LogP contribution in [0.4, 0.5) is 0 Å². The van der Waals surface area contributed by atoms with E-state index in [9.17, 15) is 9.59 Å². The predicted octanol–water partition coefficient (Wildman–Crippen LogP) is 1.99. The first kappa shape index (κ1) is 14.0. The molecule has 1 rings (SSSR count). The van der Waals surface area contributed by atoms with Crippen LogP contribution in [0.25, 0.3) is 0 Å². The lowest BCUT2D eigenvalue weighted by molar-refractivity contribution is -0.139. The van der Waals surface area contributed by atoms with Gasteiger partial charge in [0.1, 0.15) is 0 Å². The topological polar surface area (TPSA) is 57.6 Å². The average Bonchev–Trinajstić information content (AvgIpc) is 2.27. The van der Waals surface area contributed by atoms with Crippen LogP contribution in [0.5, 0.6) is 0 Å². The summed E-state index contributed by atoms with van der Waals surface area (Å²) in [5.74, 6) is -0.0385. The number of carbonyl (C=O) groups excluding carboxylic acids is 1. The van der Waals surface area contributed by atoms with Gasteiger partial charge in [-0.05, 0) is 24.7 Å². The molecule has 0 aromatic carbocycles. The molecule has 1 N–H and O–H groups in total. The largest absolute Gasteiger partial charge is 0.481 e. The van der Waals surface area contributed by atoms with Crippen LogP contribution < -0.4 is 0 Å². The van der Waals surface area contributed by atoms with E-state index in [2.05, 4.69) is 0 Å². The standard InChI is InChI=1S/C13H23NO3/c1-9(2)13(17)14-6-4-5-11(8-14)10(3)7-12(15)16/h9-11H,4-8H2,1-3H3,(H,15,16). The molecule has 1 aliphatic rings. The summed E-state index contributed by atoms with van der Waals surface area (Å²) in [6.07, 6.45) is 2.23. The zero-order chi connectivity index (χ0) is 13.0. The van der Waals surface area contributed by atoms with Gasteiger partial charge in [0.05, 0.1) is 0 Å². The number of amides is 1. The highest BCUT2D eigenvalue weighted by atomic mass is 16.4. The van der Waals surface area contributed by atoms with Gasteiger partial charge in [-0.15, -0.1) is 0 Å². The van der Waals surface area contributed by atoms with Gasteiger partial charge in [-0.25, -0.2) is 0 Å². The Morgan fingerprint density at radius 1 is 1.35 bits per heavy atom. The zero-order valence-corrected chi connectivity index (χ0v) is 11.0. The Labute approximate surface area is 103 Å². The van der Waals surface area contributed by atoms with E-state index >= 15 is 0 Å². The van der Waals surface area contributed by atoms with Crippen molar-refractivity contribution in [3.05, 3.63) is 0 Å². The molecule has 1 aliphatic heterocycles. The van der Waals surface area contributed by atoms with Crippen molar-refractivity contribution in [2.45, 2.75) is 40.0 Å². The second-order valence-corrected chi connectivity index (χ2v) is 5.42. The highest BCUT2D eigenvalue weighted by Gasteiger charge is 2.29. The van der Waals surface area contributed by atoms with Gasteiger partial charge >= 0.3 is 5.97 Å². The van der Waals surface area contributed by atoms with E-state index < -0.39 is 5.97 Å². The van der Waals surface area contributed by atoms with Crippen molar-refractivity contribution < 1.29 is 14.7 Å². The maximum absolute atomic E-state index is 11.9. The van der Waals surface area contributed by atoms with E-state index in [0.717, 1.165) is 25.9 Å². The smallest absolute Gasteiger partial charge is 0.303 e. The van der Waals surface area contributed by atoms with Crippen LogP contribution in [0.1, 0.15) is 40.0 Å². The van der Waals surface area contributed by atoms with Crippen molar-refractivity contribution in [1.82, 2.24) is 4.90 Å². The second kappa shape index (κ2) is 6.03. The highest BCUT2D eigenvalue weighted by molar-refractivity contribution is 5.78. The number of rotatable bonds is 4. The van der Waals surface area contributed by atoms with E-state index in [-0.39, 0.29) is 24.2 Å². The molecular weight excluding hydrogens is 218 g/mol. The van der Waals surface area contributed by atoms with E-state index in [1.54, 1.807) is 0 Å². The molecule has 2 atom stereocenters. The first-order valence-corrected chi connectivity index (χ1v) is 6.42. The first-order valence-electron chi connectivity index (χ1n) is 6.42. The first-order chi connectivity index (χ1) is 7.91. The summed E-state index contributed by atoms with van der Waals surface area (Å²) in [6, 6.07) is 0.